The third kappa shape index (κ3) is 2.50. The molecule has 0 atom stereocenters. The maximum atomic E-state index is 5.49. The lowest BCUT2D eigenvalue weighted by Gasteiger charge is -2.10. The molecule has 0 radical (unpaired) electrons. The highest BCUT2D eigenvalue weighted by Gasteiger charge is 2.17. The lowest BCUT2D eigenvalue weighted by molar-refractivity contribution is 0.384. The Morgan fingerprint density at radius 1 is 1.19 bits per heavy atom. The van der Waals surface area contributed by atoms with Crippen LogP contribution in [0.25, 0.3) is 21.8 Å². The van der Waals surface area contributed by atoms with E-state index in [-0.39, 0.29) is 6.04 Å². The van der Waals surface area contributed by atoms with Gasteiger partial charge in [0.2, 0.25) is 0 Å². The highest BCUT2D eigenvalue weighted by Crippen LogP contribution is 2.36. The van der Waals surface area contributed by atoms with Crippen molar-refractivity contribution in [1.29, 1.82) is 0 Å². The number of hydrogen-bond donors (Lipinski definition) is 2. The Morgan fingerprint density at radius 2 is 2.04 bits per heavy atom. The van der Waals surface area contributed by atoms with E-state index in [9.17, 15) is 0 Å². The Morgan fingerprint density at radius 3 is 2.77 bits per heavy atom. The number of pyridine rings is 1. The summed E-state index contributed by atoms with van der Waals surface area (Å²) in [6, 6.07) is 6.01. The first kappa shape index (κ1) is 16.2. The summed E-state index contributed by atoms with van der Waals surface area (Å²) in [5.41, 5.74) is 2.35. The van der Waals surface area contributed by atoms with E-state index in [2.05, 4.69) is 34.5 Å². The van der Waals surface area contributed by atoms with Crippen molar-refractivity contribution in [3.05, 3.63) is 30.6 Å². The predicted octanol–water partition coefficient (Wildman–Crippen LogP) is 3.65. The van der Waals surface area contributed by atoms with Crippen molar-refractivity contribution in [2.75, 3.05) is 19.5 Å². The molecular formula is C18H20N6O2. The van der Waals surface area contributed by atoms with Crippen LogP contribution in [-0.4, -0.2) is 39.2 Å². The number of H-pyrrole nitrogens is 1. The van der Waals surface area contributed by atoms with Gasteiger partial charge < -0.3 is 14.8 Å². The summed E-state index contributed by atoms with van der Waals surface area (Å²) in [6.45, 7) is 4.12. The smallest absolute Gasteiger partial charge is 0.256 e. The number of hydrogen-bond acceptors (Lipinski definition) is 6. The molecule has 26 heavy (non-hydrogen) atoms. The standard InChI is InChI=1S/C18H20N6O2/c1-10(2)24-9-13(18(23-24)26-4)21-17-16-11(8-19-22-16)15-12(20-17)6-5-7-14(15)25-3/h5-10H,1-4H3,(H,19,22)(H,20,21). The molecule has 0 saturated heterocycles. The van der Waals surface area contributed by atoms with Crippen molar-refractivity contribution >= 4 is 33.3 Å². The number of benzene rings is 1. The second-order valence-electron chi connectivity index (χ2n) is 6.22. The van der Waals surface area contributed by atoms with Crippen LogP contribution in [0, 0.1) is 0 Å². The summed E-state index contributed by atoms with van der Waals surface area (Å²) in [4.78, 5) is 4.75. The Kier molecular flexibility index (Phi) is 3.87. The molecule has 4 rings (SSSR count). The van der Waals surface area contributed by atoms with E-state index in [0.29, 0.717) is 11.7 Å². The van der Waals surface area contributed by atoms with Gasteiger partial charge in [0.15, 0.2) is 5.82 Å². The van der Waals surface area contributed by atoms with Gasteiger partial charge in [0.05, 0.1) is 37.5 Å². The van der Waals surface area contributed by atoms with Crippen LogP contribution in [0.15, 0.2) is 30.6 Å². The molecule has 0 aliphatic heterocycles. The van der Waals surface area contributed by atoms with Crippen LogP contribution in [-0.2, 0) is 0 Å². The largest absolute Gasteiger partial charge is 0.496 e. The number of anilines is 2. The topological polar surface area (TPSA) is 89.9 Å². The van der Waals surface area contributed by atoms with Gasteiger partial charge in [0, 0.05) is 11.4 Å². The van der Waals surface area contributed by atoms with Crippen molar-refractivity contribution < 1.29 is 9.47 Å². The van der Waals surface area contributed by atoms with Gasteiger partial charge in [-0.2, -0.15) is 5.10 Å². The SMILES string of the molecule is COc1nn(C(C)C)cc1Nc1nc2cccc(OC)c2c2cn[nH]c12. The van der Waals surface area contributed by atoms with Gasteiger partial charge in [-0.3, -0.25) is 9.78 Å². The summed E-state index contributed by atoms with van der Waals surface area (Å²) in [5, 5.41) is 16.8. The quantitative estimate of drug-likeness (QED) is 0.570. The fourth-order valence-electron chi connectivity index (χ4n) is 2.98. The number of nitrogens with one attached hydrogen (secondary N) is 2. The number of rotatable bonds is 5. The molecule has 4 aromatic rings. The Balaban J connectivity index is 1.88. The molecule has 0 aliphatic carbocycles. The minimum Gasteiger partial charge on any atom is -0.496 e. The van der Waals surface area contributed by atoms with E-state index in [0.717, 1.165) is 33.2 Å². The molecule has 0 aliphatic rings. The summed E-state index contributed by atoms with van der Waals surface area (Å²) in [5.74, 6) is 1.93. The number of methoxy groups -OCH3 is 2. The van der Waals surface area contributed by atoms with Gasteiger partial charge in [-0.05, 0) is 26.0 Å². The van der Waals surface area contributed by atoms with Crippen LogP contribution in [0.2, 0.25) is 0 Å². The van der Waals surface area contributed by atoms with Gasteiger partial charge in [0.1, 0.15) is 17.0 Å². The highest BCUT2D eigenvalue weighted by molar-refractivity contribution is 6.11. The maximum absolute atomic E-state index is 5.49. The molecule has 0 saturated carbocycles. The van der Waals surface area contributed by atoms with Crippen LogP contribution in [0.4, 0.5) is 11.5 Å². The summed E-state index contributed by atoms with van der Waals surface area (Å²) in [7, 11) is 3.25. The molecule has 0 unspecified atom stereocenters. The molecule has 134 valence electrons. The number of aromatic amines is 1. The third-order valence-electron chi connectivity index (χ3n) is 4.28. The van der Waals surface area contributed by atoms with Crippen molar-refractivity contribution in [3.8, 4) is 11.6 Å². The van der Waals surface area contributed by atoms with Crippen molar-refractivity contribution in [3.63, 3.8) is 0 Å². The van der Waals surface area contributed by atoms with Crippen LogP contribution in [0.5, 0.6) is 11.6 Å². The van der Waals surface area contributed by atoms with Crippen molar-refractivity contribution in [1.82, 2.24) is 25.0 Å². The van der Waals surface area contributed by atoms with E-state index in [1.165, 1.54) is 0 Å². The fraction of sp³-hybridized carbons (Fsp3) is 0.278. The number of nitrogens with zero attached hydrogens (tertiary/aromatic N) is 4. The van der Waals surface area contributed by atoms with Crippen molar-refractivity contribution in [2.24, 2.45) is 0 Å². The Labute approximate surface area is 150 Å². The summed E-state index contributed by atoms with van der Waals surface area (Å²) < 4.78 is 12.7. The van der Waals surface area contributed by atoms with Crippen LogP contribution in [0.3, 0.4) is 0 Å². The number of aromatic nitrogens is 5. The Hall–Kier alpha value is -3.29. The molecule has 2 N–H and O–H groups in total. The van der Waals surface area contributed by atoms with Crippen LogP contribution < -0.4 is 14.8 Å². The average molecular weight is 352 g/mol. The van der Waals surface area contributed by atoms with Gasteiger partial charge >= 0.3 is 0 Å². The first-order chi connectivity index (χ1) is 12.6. The molecular weight excluding hydrogens is 332 g/mol. The molecule has 3 heterocycles. The lowest BCUT2D eigenvalue weighted by atomic mass is 10.1. The average Bonchev–Trinajstić information content (AvgIpc) is 3.28. The Bertz CT molecular complexity index is 1080. The second-order valence-corrected chi connectivity index (χ2v) is 6.22. The summed E-state index contributed by atoms with van der Waals surface area (Å²) in [6.07, 6.45) is 3.69. The zero-order chi connectivity index (χ0) is 18.3. The van der Waals surface area contributed by atoms with E-state index < -0.39 is 0 Å². The molecule has 0 amide bonds. The zero-order valence-electron chi connectivity index (χ0n) is 15.1. The maximum Gasteiger partial charge on any atom is 0.256 e. The first-order valence-corrected chi connectivity index (χ1v) is 8.32. The lowest BCUT2D eigenvalue weighted by Crippen LogP contribution is -2.00. The molecule has 8 nitrogen and oxygen atoms in total. The zero-order valence-corrected chi connectivity index (χ0v) is 15.1. The summed E-state index contributed by atoms with van der Waals surface area (Å²) >= 11 is 0. The van der Waals surface area contributed by atoms with E-state index in [4.69, 9.17) is 14.5 Å². The van der Waals surface area contributed by atoms with Gasteiger partial charge in [-0.25, -0.2) is 4.98 Å². The van der Waals surface area contributed by atoms with Gasteiger partial charge in [-0.1, -0.05) is 6.07 Å². The van der Waals surface area contributed by atoms with E-state index >= 15 is 0 Å². The number of ether oxygens (including phenoxy) is 2. The first-order valence-electron chi connectivity index (χ1n) is 8.32. The minimum atomic E-state index is 0.223. The molecule has 0 spiro atoms. The van der Waals surface area contributed by atoms with Gasteiger partial charge in [0.25, 0.3) is 5.88 Å². The molecule has 0 fully saturated rings. The second kappa shape index (κ2) is 6.21. The van der Waals surface area contributed by atoms with E-state index in [1.54, 1.807) is 20.4 Å². The molecule has 1 aromatic carbocycles. The van der Waals surface area contributed by atoms with Crippen LogP contribution in [0.1, 0.15) is 19.9 Å². The van der Waals surface area contributed by atoms with E-state index in [1.807, 2.05) is 29.1 Å². The van der Waals surface area contributed by atoms with Crippen molar-refractivity contribution in [2.45, 2.75) is 19.9 Å². The molecule has 3 aromatic heterocycles. The van der Waals surface area contributed by atoms with Gasteiger partial charge in [-0.15, -0.1) is 5.10 Å². The highest BCUT2D eigenvalue weighted by atomic mass is 16.5. The van der Waals surface area contributed by atoms with Crippen LogP contribution >= 0.6 is 0 Å². The minimum absolute atomic E-state index is 0.223. The fourth-order valence-corrected chi connectivity index (χ4v) is 2.98. The number of fused-ring (bicyclic) bond motifs is 3. The monoisotopic (exact) mass is 352 g/mol. The normalized spacial score (nSPS) is 11.4. The molecule has 0 bridgehead atoms. The third-order valence-corrected chi connectivity index (χ3v) is 4.28. The molecule has 8 heteroatoms. The predicted molar refractivity (Wildman–Crippen MR) is 100 cm³/mol.